The second kappa shape index (κ2) is 10.6. The lowest BCUT2D eigenvalue weighted by Crippen LogP contribution is -2.39. The van der Waals surface area contributed by atoms with Crippen molar-refractivity contribution in [1.29, 1.82) is 0 Å². The van der Waals surface area contributed by atoms with Gasteiger partial charge in [-0.2, -0.15) is 0 Å². The van der Waals surface area contributed by atoms with Crippen molar-refractivity contribution in [3.63, 3.8) is 0 Å². The highest BCUT2D eigenvalue weighted by Crippen LogP contribution is 2.38. The van der Waals surface area contributed by atoms with Gasteiger partial charge in [0.15, 0.2) is 0 Å². The maximum atomic E-state index is 12.5. The molecule has 0 aliphatic carbocycles. The number of sulfone groups is 1. The molecule has 0 radical (unpaired) electrons. The van der Waals surface area contributed by atoms with Gasteiger partial charge in [-0.05, 0) is 70.2 Å². The summed E-state index contributed by atoms with van der Waals surface area (Å²) in [5.41, 5.74) is 7.29. The van der Waals surface area contributed by atoms with E-state index in [1.54, 1.807) is 31.5 Å². The van der Waals surface area contributed by atoms with Crippen LogP contribution in [0.4, 0.5) is 11.6 Å². The lowest BCUT2D eigenvalue weighted by Gasteiger charge is -2.36. The average Bonchev–Trinajstić information content (AvgIpc) is 2.86. The second-order valence-electron chi connectivity index (χ2n) is 11.6. The molecule has 4 atom stereocenters. The Labute approximate surface area is 236 Å². The molecule has 0 spiro atoms. The highest BCUT2D eigenvalue weighted by Gasteiger charge is 2.40. The topological polar surface area (TPSA) is 146 Å². The molecule has 1 aliphatic rings. The monoisotopic (exact) mass is 569 g/mol. The minimum atomic E-state index is -3.19. The van der Waals surface area contributed by atoms with E-state index < -0.39 is 32.3 Å². The van der Waals surface area contributed by atoms with Crippen molar-refractivity contribution >= 4 is 38.2 Å². The number of nitrogens with zero attached hydrogens (tertiary/aromatic N) is 3. The maximum absolute atomic E-state index is 12.5. The lowest BCUT2D eigenvalue weighted by molar-refractivity contribution is -0.0189. The van der Waals surface area contributed by atoms with Crippen molar-refractivity contribution in [1.82, 2.24) is 15.0 Å². The Hall–Kier alpha value is -3.31. The Balaban J connectivity index is 1.71. The van der Waals surface area contributed by atoms with Gasteiger partial charge in [-0.1, -0.05) is 13.8 Å². The highest BCUT2D eigenvalue weighted by atomic mass is 32.2. The molecule has 0 saturated carbocycles. The van der Waals surface area contributed by atoms with Crippen LogP contribution in [-0.4, -0.2) is 52.5 Å². The fourth-order valence-corrected chi connectivity index (χ4v) is 5.31. The molecule has 4 heterocycles. The van der Waals surface area contributed by atoms with Crippen LogP contribution in [-0.2, 0) is 20.1 Å². The third-order valence-corrected chi connectivity index (χ3v) is 9.66. The number of aromatic nitrogens is 3. The van der Waals surface area contributed by atoms with Gasteiger partial charge < -0.3 is 20.5 Å². The summed E-state index contributed by atoms with van der Waals surface area (Å²) in [4.78, 5) is 26.4. The number of hydrogen-bond acceptors (Lipinski definition) is 10. The summed E-state index contributed by atoms with van der Waals surface area (Å²) in [7, 11) is -3.19. The Bertz CT molecular complexity index is 1550. The first-order valence-corrected chi connectivity index (χ1v) is 15.4. The van der Waals surface area contributed by atoms with Crippen molar-refractivity contribution in [2.75, 3.05) is 11.6 Å². The van der Waals surface area contributed by atoms with E-state index >= 15 is 0 Å². The summed E-state index contributed by atoms with van der Waals surface area (Å²) in [5, 5.41) is 4.20. The molecule has 4 rings (SSSR count). The van der Waals surface area contributed by atoms with Gasteiger partial charge in [-0.25, -0.2) is 28.2 Å². The Morgan fingerprint density at radius 1 is 1.18 bits per heavy atom. The molecule has 0 bridgehead atoms. The summed E-state index contributed by atoms with van der Waals surface area (Å²) in [6, 6.07) is 5.32. The van der Waals surface area contributed by atoms with Crippen molar-refractivity contribution in [3.05, 3.63) is 47.4 Å². The lowest BCUT2D eigenvalue weighted by atomic mass is 9.84. The van der Waals surface area contributed by atoms with Gasteiger partial charge >= 0.3 is 5.97 Å². The molecule has 0 saturated heterocycles. The number of ether oxygens (including phenoxy) is 2. The van der Waals surface area contributed by atoms with Crippen molar-refractivity contribution in [2.24, 2.45) is 5.73 Å². The second-order valence-corrected chi connectivity index (χ2v) is 14.1. The number of nitrogens with one attached hydrogen (secondary N) is 1. The number of fused-ring (bicyclic) bond motifs is 2. The van der Waals surface area contributed by atoms with E-state index in [1.165, 1.54) is 6.26 Å². The van der Waals surface area contributed by atoms with E-state index in [0.29, 0.717) is 47.0 Å². The predicted octanol–water partition coefficient (Wildman–Crippen LogP) is 5.00. The highest BCUT2D eigenvalue weighted by molar-refractivity contribution is 7.91. The molecule has 10 nitrogen and oxygen atoms in total. The molecule has 0 amide bonds. The first-order valence-electron chi connectivity index (χ1n) is 13.5. The van der Waals surface area contributed by atoms with Gasteiger partial charge in [0, 0.05) is 36.5 Å². The zero-order valence-corrected chi connectivity index (χ0v) is 25.2. The minimum absolute atomic E-state index is 0.0983. The molecule has 1 unspecified atom stereocenters. The van der Waals surface area contributed by atoms with E-state index in [2.05, 4.69) is 15.3 Å². The van der Waals surface area contributed by atoms with E-state index in [-0.39, 0.29) is 11.9 Å². The predicted molar refractivity (Wildman–Crippen MR) is 156 cm³/mol. The number of esters is 1. The number of hydrogen-bond donors (Lipinski definition) is 2. The summed E-state index contributed by atoms with van der Waals surface area (Å²) >= 11 is 0. The van der Waals surface area contributed by atoms with Gasteiger partial charge in [0.05, 0.1) is 28.0 Å². The first-order chi connectivity index (χ1) is 18.5. The zero-order valence-electron chi connectivity index (χ0n) is 24.4. The summed E-state index contributed by atoms with van der Waals surface area (Å²) in [5.74, 6) is 0.963. The summed E-state index contributed by atoms with van der Waals surface area (Å²) in [6.45, 7) is 13.2. The standard InChI is InChI=1S/C29H39N5O5S/c1-9-29(7,30)22-15-32-26(38-16(2)12-17(3)40(8,36)37)21-14-31-24(13-20(21)22)33-23-11-10-19-25(34-23)18(4)28(5,6)39-27(19)35/h10-11,13-18H,9,12,30H2,1-8H3,(H,31,33,34)/t16-,17-,18-,29?/m1/s1. The number of carbonyl (C=O) groups excluding carboxylic acids is 1. The normalized spacial score (nSPS) is 19.7. The van der Waals surface area contributed by atoms with Crippen LogP contribution >= 0.6 is 0 Å². The van der Waals surface area contributed by atoms with Crippen molar-refractivity contribution in [3.8, 4) is 5.88 Å². The molecule has 3 aromatic heterocycles. The van der Waals surface area contributed by atoms with Crippen LogP contribution in [0.2, 0.25) is 0 Å². The minimum Gasteiger partial charge on any atom is -0.474 e. The van der Waals surface area contributed by atoms with Crippen LogP contribution in [0.15, 0.2) is 30.6 Å². The van der Waals surface area contributed by atoms with Crippen LogP contribution in [0.25, 0.3) is 10.8 Å². The van der Waals surface area contributed by atoms with E-state index in [4.69, 9.17) is 20.2 Å². The fraction of sp³-hybridized carbons (Fsp3) is 0.517. The molecule has 0 fully saturated rings. The van der Waals surface area contributed by atoms with Crippen molar-refractivity contribution < 1.29 is 22.7 Å². The molecule has 11 heteroatoms. The molecule has 216 valence electrons. The largest absolute Gasteiger partial charge is 0.474 e. The SMILES string of the molecule is CCC(C)(N)c1cnc(O[C@H](C)C[C@@H](C)S(C)(=O)=O)c2cnc(Nc3ccc4c(n3)[C@@H](C)C(C)(C)OC4=O)cc12. The number of anilines is 2. The van der Waals surface area contributed by atoms with E-state index in [1.807, 2.05) is 47.6 Å². The zero-order chi connectivity index (χ0) is 29.6. The smallest absolute Gasteiger partial charge is 0.340 e. The van der Waals surface area contributed by atoms with Gasteiger partial charge in [-0.15, -0.1) is 0 Å². The van der Waals surface area contributed by atoms with Crippen LogP contribution < -0.4 is 15.8 Å². The van der Waals surface area contributed by atoms with Crippen molar-refractivity contribution in [2.45, 2.75) is 89.7 Å². The quantitative estimate of drug-likeness (QED) is 0.338. The molecule has 40 heavy (non-hydrogen) atoms. The third kappa shape index (κ3) is 5.90. The number of rotatable bonds is 9. The van der Waals surface area contributed by atoms with Gasteiger partial charge in [0.25, 0.3) is 0 Å². The molecule has 1 aliphatic heterocycles. The van der Waals surface area contributed by atoms with Crippen LogP contribution in [0, 0.1) is 0 Å². The Morgan fingerprint density at radius 3 is 2.52 bits per heavy atom. The molecular formula is C29H39N5O5S. The molecular weight excluding hydrogens is 530 g/mol. The maximum Gasteiger partial charge on any atom is 0.340 e. The molecule has 3 N–H and O–H groups in total. The number of carbonyl (C=O) groups is 1. The number of pyridine rings is 3. The van der Waals surface area contributed by atoms with Crippen LogP contribution in [0.3, 0.4) is 0 Å². The number of cyclic esters (lactones) is 1. The fourth-order valence-electron chi connectivity index (χ4n) is 4.69. The van der Waals surface area contributed by atoms with E-state index in [9.17, 15) is 13.2 Å². The van der Waals surface area contributed by atoms with Gasteiger partial charge in [-0.3, -0.25) is 0 Å². The van der Waals surface area contributed by atoms with E-state index in [0.717, 1.165) is 10.9 Å². The van der Waals surface area contributed by atoms with Gasteiger partial charge in [0.1, 0.15) is 27.1 Å². The number of nitrogens with two attached hydrogens (primary N) is 1. The third-order valence-electron chi connectivity index (χ3n) is 8.00. The summed E-state index contributed by atoms with van der Waals surface area (Å²) < 4.78 is 35.5. The average molecular weight is 570 g/mol. The van der Waals surface area contributed by atoms with Crippen LogP contribution in [0.5, 0.6) is 5.88 Å². The first kappa shape index (κ1) is 29.7. The summed E-state index contributed by atoms with van der Waals surface area (Å²) in [6.07, 6.45) is 5.22. The van der Waals surface area contributed by atoms with Gasteiger partial charge in [0.2, 0.25) is 5.88 Å². The van der Waals surface area contributed by atoms with Crippen LogP contribution in [0.1, 0.15) is 88.8 Å². The molecule has 3 aromatic rings. The molecule has 0 aromatic carbocycles. The Morgan fingerprint density at radius 2 is 1.88 bits per heavy atom. The Kier molecular flexibility index (Phi) is 7.85.